The highest BCUT2D eigenvalue weighted by molar-refractivity contribution is 6.00. The Morgan fingerprint density at radius 1 is 0.897 bits per heavy atom. The van der Waals surface area contributed by atoms with Crippen LogP contribution in [0, 0.1) is 0 Å². The van der Waals surface area contributed by atoms with Crippen LogP contribution >= 0.6 is 0 Å². The van der Waals surface area contributed by atoms with Crippen LogP contribution in [0.25, 0.3) is 11.1 Å². The van der Waals surface area contributed by atoms with E-state index in [4.69, 9.17) is 14.2 Å². The standard InChI is InChI=1S/C34H39NO4/c1-5-6-20-37-28-17-19-31-26(21-28)14-18-30(24-10-8-7-9-11-24)32(31)25-12-15-27(16-13-25)38-29-22-35(23-29)33(36)39-34(2,3)4/h7-13,15-17,19,21,29H,5-6,14,18,20,22-23H2,1-4H3. The predicted octanol–water partition coefficient (Wildman–Crippen LogP) is 7.77. The number of aryl methyl sites for hydroxylation is 1. The van der Waals surface area contributed by atoms with Gasteiger partial charge in [0.2, 0.25) is 0 Å². The van der Waals surface area contributed by atoms with E-state index in [1.807, 2.05) is 32.9 Å². The number of fused-ring (bicyclic) bond motifs is 1. The highest BCUT2D eigenvalue weighted by Gasteiger charge is 2.35. The van der Waals surface area contributed by atoms with Gasteiger partial charge >= 0.3 is 6.09 Å². The van der Waals surface area contributed by atoms with Gasteiger partial charge in [-0.05, 0) is 97.7 Å². The first kappa shape index (κ1) is 26.9. The van der Waals surface area contributed by atoms with E-state index in [1.165, 1.54) is 33.4 Å². The van der Waals surface area contributed by atoms with Crippen LogP contribution in [-0.2, 0) is 11.2 Å². The molecule has 1 saturated heterocycles. The number of allylic oxidation sites excluding steroid dienone is 1. The molecule has 0 unspecified atom stereocenters. The minimum atomic E-state index is -0.493. The Balaban J connectivity index is 1.35. The Hall–Kier alpha value is -3.73. The van der Waals surface area contributed by atoms with Crippen LogP contribution in [0.5, 0.6) is 11.5 Å². The molecule has 3 aromatic rings. The first-order valence-electron chi connectivity index (χ1n) is 14.1. The van der Waals surface area contributed by atoms with Crippen molar-refractivity contribution in [2.45, 2.75) is 65.1 Å². The third-order valence-electron chi connectivity index (χ3n) is 7.13. The molecule has 0 N–H and O–H groups in total. The largest absolute Gasteiger partial charge is 0.494 e. The Morgan fingerprint density at radius 3 is 2.31 bits per heavy atom. The zero-order valence-corrected chi connectivity index (χ0v) is 23.5. The van der Waals surface area contributed by atoms with E-state index in [0.717, 1.165) is 43.8 Å². The number of amides is 1. The summed E-state index contributed by atoms with van der Waals surface area (Å²) in [4.78, 5) is 13.9. The molecule has 5 heteroatoms. The second-order valence-corrected chi connectivity index (χ2v) is 11.4. The van der Waals surface area contributed by atoms with E-state index in [2.05, 4.69) is 67.6 Å². The van der Waals surface area contributed by atoms with Gasteiger partial charge in [0.1, 0.15) is 23.2 Å². The third kappa shape index (κ3) is 6.47. The zero-order chi connectivity index (χ0) is 27.4. The van der Waals surface area contributed by atoms with Gasteiger partial charge in [-0.1, -0.05) is 61.9 Å². The Morgan fingerprint density at radius 2 is 1.62 bits per heavy atom. The summed E-state index contributed by atoms with van der Waals surface area (Å²) in [7, 11) is 0. The zero-order valence-electron chi connectivity index (χ0n) is 23.5. The summed E-state index contributed by atoms with van der Waals surface area (Å²) in [5.74, 6) is 1.76. The summed E-state index contributed by atoms with van der Waals surface area (Å²) in [5, 5.41) is 0. The average Bonchev–Trinajstić information content (AvgIpc) is 2.90. The average molecular weight is 526 g/mol. The summed E-state index contributed by atoms with van der Waals surface area (Å²) in [5.41, 5.74) is 7.17. The van der Waals surface area contributed by atoms with Crippen molar-refractivity contribution in [3.8, 4) is 11.5 Å². The molecule has 0 aromatic heterocycles. The van der Waals surface area contributed by atoms with Gasteiger partial charge in [0.15, 0.2) is 0 Å². The molecular formula is C34H39NO4. The van der Waals surface area contributed by atoms with Gasteiger partial charge < -0.3 is 19.1 Å². The summed E-state index contributed by atoms with van der Waals surface area (Å²) in [6, 6.07) is 25.6. The maximum Gasteiger partial charge on any atom is 0.410 e. The van der Waals surface area contributed by atoms with Crippen LogP contribution in [0.2, 0.25) is 0 Å². The first-order valence-corrected chi connectivity index (χ1v) is 14.1. The van der Waals surface area contributed by atoms with Crippen molar-refractivity contribution in [1.29, 1.82) is 0 Å². The lowest BCUT2D eigenvalue weighted by atomic mass is 9.79. The maximum atomic E-state index is 12.2. The van der Waals surface area contributed by atoms with E-state index < -0.39 is 5.60 Å². The highest BCUT2D eigenvalue weighted by Crippen LogP contribution is 2.42. The van der Waals surface area contributed by atoms with Gasteiger partial charge in [0, 0.05) is 0 Å². The normalized spacial score (nSPS) is 15.4. The van der Waals surface area contributed by atoms with Crippen molar-refractivity contribution in [3.63, 3.8) is 0 Å². The number of unbranched alkanes of at least 4 members (excludes halogenated alkanes) is 1. The summed E-state index contributed by atoms with van der Waals surface area (Å²) in [6.07, 6.45) is 3.85. The molecule has 1 amide bonds. The van der Waals surface area contributed by atoms with Gasteiger partial charge in [-0.15, -0.1) is 0 Å². The molecule has 1 fully saturated rings. The molecule has 1 aliphatic heterocycles. The fourth-order valence-corrected chi connectivity index (χ4v) is 5.13. The van der Waals surface area contributed by atoms with Crippen LogP contribution in [0.1, 0.15) is 69.2 Å². The van der Waals surface area contributed by atoms with E-state index >= 15 is 0 Å². The molecule has 0 saturated carbocycles. The number of carbonyl (C=O) groups is 1. The molecule has 5 rings (SSSR count). The lowest BCUT2D eigenvalue weighted by Gasteiger charge is -2.39. The fraction of sp³-hybridized carbons (Fsp3) is 0.382. The first-order chi connectivity index (χ1) is 18.8. The third-order valence-corrected chi connectivity index (χ3v) is 7.13. The number of ether oxygens (including phenoxy) is 3. The molecule has 1 aliphatic carbocycles. The molecule has 2 aliphatic rings. The van der Waals surface area contributed by atoms with Crippen molar-refractivity contribution in [2.24, 2.45) is 0 Å². The SMILES string of the molecule is CCCCOc1ccc2c(c1)CCC(c1ccccc1)=C2c1ccc(OC2CN(C(=O)OC(C)(C)C)C2)cc1. The van der Waals surface area contributed by atoms with E-state index in [-0.39, 0.29) is 12.2 Å². The van der Waals surface area contributed by atoms with Crippen LogP contribution in [0.3, 0.4) is 0 Å². The Bertz CT molecular complexity index is 1320. The number of hydrogen-bond acceptors (Lipinski definition) is 4. The van der Waals surface area contributed by atoms with Gasteiger partial charge in [-0.3, -0.25) is 0 Å². The molecule has 39 heavy (non-hydrogen) atoms. The molecule has 204 valence electrons. The molecular weight excluding hydrogens is 486 g/mol. The summed E-state index contributed by atoms with van der Waals surface area (Å²) in [6.45, 7) is 9.65. The monoisotopic (exact) mass is 525 g/mol. The molecule has 3 aromatic carbocycles. The van der Waals surface area contributed by atoms with Crippen LogP contribution < -0.4 is 9.47 Å². The van der Waals surface area contributed by atoms with Crippen molar-refractivity contribution < 1.29 is 19.0 Å². The second kappa shape index (κ2) is 11.6. The number of hydrogen-bond donors (Lipinski definition) is 0. The Kier molecular flexibility index (Phi) is 7.97. The fourth-order valence-electron chi connectivity index (χ4n) is 5.13. The molecule has 0 atom stereocenters. The van der Waals surface area contributed by atoms with Gasteiger partial charge in [0.25, 0.3) is 0 Å². The number of nitrogens with zero attached hydrogens (tertiary/aromatic N) is 1. The minimum absolute atomic E-state index is 0.0241. The quantitative estimate of drug-likeness (QED) is 0.282. The van der Waals surface area contributed by atoms with Crippen molar-refractivity contribution in [2.75, 3.05) is 19.7 Å². The second-order valence-electron chi connectivity index (χ2n) is 11.4. The molecule has 5 nitrogen and oxygen atoms in total. The number of carbonyl (C=O) groups excluding carboxylic acids is 1. The number of rotatable bonds is 8. The number of benzene rings is 3. The lowest BCUT2D eigenvalue weighted by Crippen LogP contribution is -2.57. The van der Waals surface area contributed by atoms with Gasteiger partial charge in [-0.2, -0.15) is 0 Å². The molecule has 1 heterocycles. The van der Waals surface area contributed by atoms with Crippen molar-refractivity contribution in [1.82, 2.24) is 4.90 Å². The molecule has 0 spiro atoms. The summed E-state index contributed by atoms with van der Waals surface area (Å²) >= 11 is 0. The topological polar surface area (TPSA) is 48.0 Å². The van der Waals surface area contributed by atoms with Gasteiger partial charge in [-0.25, -0.2) is 4.79 Å². The van der Waals surface area contributed by atoms with Crippen molar-refractivity contribution in [3.05, 3.63) is 95.1 Å². The van der Waals surface area contributed by atoms with Crippen LogP contribution in [0.15, 0.2) is 72.8 Å². The van der Waals surface area contributed by atoms with Gasteiger partial charge in [0.05, 0.1) is 19.7 Å². The van der Waals surface area contributed by atoms with Crippen LogP contribution in [-0.4, -0.2) is 42.4 Å². The van der Waals surface area contributed by atoms with Crippen molar-refractivity contribution >= 4 is 17.2 Å². The summed E-state index contributed by atoms with van der Waals surface area (Å²) < 4.78 is 17.6. The molecule has 0 bridgehead atoms. The molecule has 0 radical (unpaired) electrons. The lowest BCUT2D eigenvalue weighted by molar-refractivity contribution is -0.0221. The van der Waals surface area contributed by atoms with E-state index in [0.29, 0.717) is 13.1 Å². The van der Waals surface area contributed by atoms with E-state index in [1.54, 1.807) is 4.90 Å². The maximum absolute atomic E-state index is 12.2. The van der Waals surface area contributed by atoms with Crippen LogP contribution in [0.4, 0.5) is 4.79 Å². The predicted molar refractivity (Wildman–Crippen MR) is 156 cm³/mol. The highest BCUT2D eigenvalue weighted by atomic mass is 16.6. The number of likely N-dealkylation sites (tertiary alicyclic amines) is 1. The Labute approximate surface area is 232 Å². The minimum Gasteiger partial charge on any atom is -0.494 e. The van der Waals surface area contributed by atoms with E-state index in [9.17, 15) is 4.79 Å². The smallest absolute Gasteiger partial charge is 0.410 e.